The van der Waals surface area contributed by atoms with Crippen LogP contribution in [0.2, 0.25) is 10.0 Å². The number of carbonyl (C=O) groups is 1. The van der Waals surface area contributed by atoms with Gasteiger partial charge in [0.05, 0.1) is 28.1 Å². The van der Waals surface area contributed by atoms with Gasteiger partial charge in [0.15, 0.2) is 17.3 Å². The summed E-state index contributed by atoms with van der Waals surface area (Å²) in [5, 5.41) is 10.2. The van der Waals surface area contributed by atoms with Crippen LogP contribution in [-0.4, -0.2) is 30.6 Å². The molecule has 0 atom stereocenters. The molecule has 7 nitrogen and oxygen atoms in total. The van der Waals surface area contributed by atoms with E-state index in [0.717, 1.165) is 0 Å². The van der Waals surface area contributed by atoms with Gasteiger partial charge in [-0.1, -0.05) is 43.1 Å². The van der Waals surface area contributed by atoms with E-state index in [1.165, 1.54) is 17.0 Å². The van der Waals surface area contributed by atoms with Gasteiger partial charge in [0, 0.05) is 7.05 Å². The minimum absolute atomic E-state index is 0.0645. The van der Waals surface area contributed by atoms with E-state index in [2.05, 4.69) is 15.0 Å². The first-order chi connectivity index (χ1) is 12.8. The molecule has 0 aliphatic heterocycles. The summed E-state index contributed by atoms with van der Waals surface area (Å²) in [6.07, 6.45) is 2.90. The smallest absolute Gasteiger partial charge is 0.354 e. The third kappa shape index (κ3) is 3.74. The Morgan fingerprint density at radius 1 is 1.19 bits per heavy atom. The lowest BCUT2D eigenvalue weighted by Crippen LogP contribution is -2.09. The summed E-state index contributed by atoms with van der Waals surface area (Å²) < 4.78 is 7.16. The number of imidazole rings is 1. The number of nitrogens with zero attached hydrogens (tertiary/aromatic N) is 4. The SMILES string of the molecule is CC(C)c1nc(-c2cncc(Oc3c(Cl)cccc3Cl)n2)n(C)c1C(=O)O. The van der Waals surface area contributed by atoms with Gasteiger partial charge >= 0.3 is 5.97 Å². The molecule has 0 saturated heterocycles. The first-order valence-electron chi connectivity index (χ1n) is 8.03. The van der Waals surface area contributed by atoms with Gasteiger partial charge < -0.3 is 14.4 Å². The van der Waals surface area contributed by atoms with Gasteiger partial charge in [-0.15, -0.1) is 0 Å². The summed E-state index contributed by atoms with van der Waals surface area (Å²) >= 11 is 12.2. The summed E-state index contributed by atoms with van der Waals surface area (Å²) in [6.45, 7) is 3.76. The number of carboxylic acids is 1. The molecule has 0 aliphatic carbocycles. The lowest BCUT2D eigenvalue weighted by atomic mass is 10.1. The van der Waals surface area contributed by atoms with E-state index in [1.807, 2.05) is 13.8 Å². The van der Waals surface area contributed by atoms with Gasteiger partial charge in [0.2, 0.25) is 5.88 Å². The maximum absolute atomic E-state index is 11.6. The zero-order valence-electron chi connectivity index (χ0n) is 14.8. The van der Waals surface area contributed by atoms with Gasteiger partial charge in [-0.3, -0.25) is 4.98 Å². The first kappa shape index (κ1) is 19.1. The van der Waals surface area contributed by atoms with Crippen LogP contribution in [0.25, 0.3) is 11.5 Å². The molecule has 0 aliphatic rings. The number of rotatable bonds is 5. The number of ether oxygens (including phenoxy) is 1. The van der Waals surface area contributed by atoms with E-state index in [9.17, 15) is 9.90 Å². The molecular formula is C18H16Cl2N4O3. The van der Waals surface area contributed by atoms with Crippen LogP contribution < -0.4 is 4.74 Å². The molecular weight excluding hydrogens is 391 g/mol. The highest BCUT2D eigenvalue weighted by Gasteiger charge is 2.24. The van der Waals surface area contributed by atoms with Crippen molar-refractivity contribution in [2.45, 2.75) is 19.8 Å². The quantitative estimate of drug-likeness (QED) is 0.654. The number of benzene rings is 1. The summed E-state index contributed by atoms with van der Waals surface area (Å²) in [6, 6.07) is 4.99. The van der Waals surface area contributed by atoms with E-state index < -0.39 is 5.97 Å². The molecule has 0 bridgehead atoms. The Morgan fingerprint density at radius 2 is 1.85 bits per heavy atom. The summed E-state index contributed by atoms with van der Waals surface area (Å²) in [4.78, 5) is 24.6. The third-order valence-electron chi connectivity index (χ3n) is 3.84. The molecule has 1 aromatic carbocycles. The third-order valence-corrected chi connectivity index (χ3v) is 4.43. The van der Waals surface area contributed by atoms with E-state index in [-0.39, 0.29) is 23.2 Å². The van der Waals surface area contributed by atoms with Crippen LogP contribution in [0.1, 0.15) is 35.9 Å². The second-order valence-electron chi connectivity index (χ2n) is 6.08. The maximum Gasteiger partial charge on any atom is 0.354 e. The zero-order chi connectivity index (χ0) is 19.7. The highest BCUT2D eigenvalue weighted by molar-refractivity contribution is 6.37. The molecule has 0 spiro atoms. The molecule has 1 N–H and O–H groups in total. The van der Waals surface area contributed by atoms with Crippen LogP contribution in [0.4, 0.5) is 0 Å². The van der Waals surface area contributed by atoms with Gasteiger partial charge in [0.25, 0.3) is 0 Å². The Kier molecular flexibility index (Phi) is 5.34. The van der Waals surface area contributed by atoms with Crippen molar-refractivity contribution in [1.29, 1.82) is 0 Å². The lowest BCUT2D eigenvalue weighted by Gasteiger charge is -2.09. The molecule has 27 heavy (non-hydrogen) atoms. The number of hydrogen-bond acceptors (Lipinski definition) is 5. The van der Waals surface area contributed by atoms with Crippen molar-refractivity contribution in [2.75, 3.05) is 0 Å². The Balaban J connectivity index is 2.04. The van der Waals surface area contributed by atoms with Crippen LogP contribution in [0.15, 0.2) is 30.6 Å². The van der Waals surface area contributed by atoms with E-state index in [0.29, 0.717) is 27.3 Å². The molecule has 0 amide bonds. The van der Waals surface area contributed by atoms with Gasteiger partial charge in [-0.2, -0.15) is 0 Å². The Hall–Kier alpha value is -2.64. The van der Waals surface area contributed by atoms with Crippen LogP contribution in [0.5, 0.6) is 11.6 Å². The van der Waals surface area contributed by atoms with Crippen LogP contribution in [0.3, 0.4) is 0 Å². The normalized spacial score (nSPS) is 11.0. The van der Waals surface area contributed by atoms with Crippen LogP contribution >= 0.6 is 23.2 Å². The van der Waals surface area contributed by atoms with Crippen molar-refractivity contribution in [3.05, 3.63) is 52.0 Å². The summed E-state index contributed by atoms with van der Waals surface area (Å²) in [5.41, 5.74) is 0.956. The fourth-order valence-corrected chi connectivity index (χ4v) is 3.07. The average molecular weight is 407 g/mol. The fraction of sp³-hybridized carbons (Fsp3) is 0.222. The van der Waals surface area contributed by atoms with E-state index >= 15 is 0 Å². The molecule has 2 heterocycles. The number of aromatic carboxylic acids is 1. The highest BCUT2D eigenvalue weighted by Crippen LogP contribution is 2.35. The van der Waals surface area contributed by atoms with Crippen molar-refractivity contribution in [3.63, 3.8) is 0 Å². The number of hydrogen-bond donors (Lipinski definition) is 1. The van der Waals surface area contributed by atoms with Gasteiger partial charge in [0.1, 0.15) is 5.69 Å². The number of para-hydroxylation sites is 1. The maximum atomic E-state index is 11.6. The van der Waals surface area contributed by atoms with Gasteiger partial charge in [-0.25, -0.2) is 14.8 Å². The van der Waals surface area contributed by atoms with E-state index in [4.69, 9.17) is 27.9 Å². The number of aromatic nitrogens is 4. The van der Waals surface area contributed by atoms with Crippen molar-refractivity contribution < 1.29 is 14.6 Å². The predicted octanol–water partition coefficient (Wildman–Crippen LogP) is 4.80. The molecule has 0 unspecified atom stereocenters. The van der Waals surface area contributed by atoms with Crippen molar-refractivity contribution in [1.82, 2.24) is 19.5 Å². The molecule has 3 rings (SSSR count). The van der Waals surface area contributed by atoms with Crippen molar-refractivity contribution in [3.8, 4) is 23.1 Å². The number of carboxylic acid groups (broad SMARTS) is 1. The minimum Gasteiger partial charge on any atom is -0.477 e. The second kappa shape index (κ2) is 7.54. The number of halogens is 2. The Morgan fingerprint density at radius 3 is 2.41 bits per heavy atom. The minimum atomic E-state index is -1.05. The Bertz CT molecular complexity index is 998. The fourth-order valence-electron chi connectivity index (χ4n) is 2.59. The average Bonchev–Trinajstić information content (AvgIpc) is 2.96. The topological polar surface area (TPSA) is 90.1 Å². The van der Waals surface area contributed by atoms with Gasteiger partial charge in [-0.05, 0) is 18.1 Å². The first-order valence-corrected chi connectivity index (χ1v) is 8.79. The lowest BCUT2D eigenvalue weighted by molar-refractivity contribution is 0.0685. The summed E-state index contributed by atoms with van der Waals surface area (Å²) in [7, 11) is 1.62. The molecule has 0 fully saturated rings. The molecule has 0 radical (unpaired) electrons. The Labute approximate surface area is 165 Å². The van der Waals surface area contributed by atoms with E-state index in [1.54, 1.807) is 25.2 Å². The van der Waals surface area contributed by atoms with Crippen LogP contribution in [0, 0.1) is 0 Å². The largest absolute Gasteiger partial charge is 0.477 e. The molecule has 140 valence electrons. The monoisotopic (exact) mass is 406 g/mol. The van der Waals surface area contributed by atoms with Crippen LogP contribution in [-0.2, 0) is 7.05 Å². The molecule has 9 heteroatoms. The highest BCUT2D eigenvalue weighted by atomic mass is 35.5. The zero-order valence-corrected chi connectivity index (χ0v) is 16.3. The summed E-state index contributed by atoms with van der Waals surface area (Å²) in [5.74, 6) is -0.317. The standard InChI is InChI=1S/C18H16Cl2N4O3/c1-9(2)14-15(18(25)26)24(3)17(23-14)12-7-21-8-13(22-12)27-16-10(19)5-4-6-11(16)20/h4-9H,1-3H3,(H,25,26). The molecule has 3 aromatic rings. The molecule has 0 saturated carbocycles. The van der Waals surface area contributed by atoms with Crippen molar-refractivity contribution in [2.24, 2.45) is 7.05 Å². The molecule has 2 aromatic heterocycles. The second-order valence-corrected chi connectivity index (χ2v) is 6.90. The van der Waals surface area contributed by atoms with Crippen molar-refractivity contribution >= 4 is 29.2 Å². The predicted molar refractivity (Wildman–Crippen MR) is 102 cm³/mol.